The number of nitrogens with zero attached hydrogens (tertiary/aromatic N) is 4. The van der Waals surface area contributed by atoms with Gasteiger partial charge in [0.25, 0.3) is 0 Å². The number of nitrogens with one attached hydrogen (secondary N) is 1. The Balaban J connectivity index is 1.64. The summed E-state index contributed by atoms with van der Waals surface area (Å²) < 4.78 is 26.7. The lowest BCUT2D eigenvalue weighted by atomic mass is 10.2. The SMILES string of the molecule is CCN(CC)c1ccc(/C=N/Nc2nc(-c3ccc(S(=O)(=O)N(CC)CC)cc3)cs2)cc1. The molecule has 0 saturated carbocycles. The molecule has 176 valence electrons. The minimum Gasteiger partial charge on any atom is -0.372 e. The molecule has 0 aliphatic heterocycles. The van der Waals surface area contributed by atoms with Gasteiger partial charge in [0.05, 0.1) is 16.8 Å². The number of anilines is 2. The molecule has 0 bridgehead atoms. The van der Waals surface area contributed by atoms with Gasteiger partial charge >= 0.3 is 0 Å². The summed E-state index contributed by atoms with van der Waals surface area (Å²) in [5.74, 6) is 0. The third-order valence-electron chi connectivity index (χ3n) is 5.39. The molecule has 1 aromatic heterocycles. The molecule has 0 aliphatic carbocycles. The van der Waals surface area contributed by atoms with Crippen LogP contribution in [-0.2, 0) is 10.0 Å². The lowest BCUT2D eigenvalue weighted by Gasteiger charge is -2.20. The zero-order chi connectivity index (χ0) is 23.8. The van der Waals surface area contributed by atoms with Gasteiger partial charge in [0.2, 0.25) is 15.2 Å². The Morgan fingerprint density at radius 3 is 2.15 bits per heavy atom. The summed E-state index contributed by atoms with van der Waals surface area (Å²) >= 11 is 1.44. The molecular formula is C24H31N5O2S2. The van der Waals surface area contributed by atoms with Crippen LogP contribution in [0.2, 0.25) is 0 Å². The molecule has 7 nitrogen and oxygen atoms in total. The molecule has 3 aromatic rings. The number of hydrogen-bond donors (Lipinski definition) is 1. The van der Waals surface area contributed by atoms with Crippen LogP contribution in [0, 0.1) is 0 Å². The third kappa shape index (κ3) is 5.98. The lowest BCUT2D eigenvalue weighted by molar-refractivity contribution is 0.445. The first-order valence-corrected chi connectivity index (χ1v) is 13.4. The van der Waals surface area contributed by atoms with Crippen molar-refractivity contribution in [3.05, 3.63) is 59.5 Å². The molecule has 2 aromatic carbocycles. The monoisotopic (exact) mass is 485 g/mol. The van der Waals surface area contributed by atoms with E-state index in [1.54, 1.807) is 30.5 Å². The van der Waals surface area contributed by atoms with Crippen LogP contribution >= 0.6 is 11.3 Å². The van der Waals surface area contributed by atoms with Crippen LogP contribution in [0.1, 0.15) is 33.3 Å². The molecule has 0 unspecified atom stereocenters. The Morgan fingerprint density at radius 1 is 0.939 bits per heavy atom. The first kappa shape index (κ1) is 24.9. The molecule has 0 fully saturated rings. The van der Waals surface area contributed by atoms with Gasteiger partial charge in [-0.3, -0.25) is 5.43 Å². The largest absolute Gasteiger partial charge is 0.372 e. The zero-order valence-corrected chi connectivity index (χ0v) is 21.2. The highest BCUT2D eigenvalue weighted by molar-refractivity contribution is 7.89. The summed E-state index contributed by atoms with van der Waals surface area (Å²) in [6.45, 7) is 10.8. The summed E-state index contributed by atoms with van der Waals surface area (Å²) in [6, 6.07) is 15.1. The van der Waals surface area contributed by atoms with Gasteiger partial charge in [-0.15, -0.1) is 11.3 Å². The minimum atomic E-state index is -3.46. The first-order chi connectivity index (χ1) is 15.9. The highest BCUT2D eigenvalue weighted by Crippen LogP contribution is 2.26. The van der Waals surface area contributed by atoms with E-state index in [-0.39, 0.29) is 0 Å². The normalized spacial score (nSPS) is 11.9. The van der Waals surface area contributed by atoms with E-state index in [0.29, 0.717) is 23.1 Å². The summed E-state index contributed by atoms with van der Waals surface area (Å²) in [5.41, 5.74) is 6.80. The molecule has 0 spiro atoms. The number of rotatable bonds is 11. The molecule has 1 heterocycles. The Labute approximate surface area is 200 Å². The van der Waals surface area contributed by atoms with Crippen LogP contribution in [-0.4, -0.2) is 50.1 Å². The standard InChI is InChI=1S/C24H31N5O2S2/c1-5-28(6-2)21-13-9-19(10-14-21)17-25-27-24-26-23(18-32-24)20-11-15-22(16-12-20)33(30,31)29(7-3)8-4/h9-18H,5-8H2,1-4H3,(H,26,27)/b25-17+. The number of hydrogen-bond acceptors (Lipinski definition) is 7. The van der Waals surface area contributed by atoms with Crippen LogP contribution in [0.3, 0.4) is 0 Å². The molecule has 9 heteroatoms. The van der Waals surface area contributed by atoms with Gasteiger partial charge < -0.3 is 4.90 Å². The van der Waals surface area contributed by atoms with Gasteiger partial charge in [0, 0.05) is 42.8 Å². The van der Waals surface area contributed by atoms with Crippen LogP contribution < -0.4 is 10.3 Å². The number of sulfonamides is 1. The van der Waals surface area contributed by atoms with E-state index in [9.17, 15) is 8.42 Å². The summed E-state index contributed by atoms with van der Waals surface area (Å²) in [7, 11) is -3.46. The molecular weight excluding hydrogens is 454 g/mol. The number of benzene rings is 2. The van der Waals surface area contributed by atoms with E-state index >= 15 is 0 Å². The predicted octanol–water partition coefficient (Wildman–Crippen LogP) is 5.13. The van der Waals surface area contributed by atoms with Gasteiger partial charge in [-0.1, -0.05) is 38.1 Å². The summed E-state index contributed by atoms with van der Waals surface area (Å²) in [6.07, 6.45) is 1.76. The van der Waals surface area contributed by atoms with E-state index < -0.39 is 10.0 Å². The van der Waals surface area contributed by atoms with Crippen molar-refractivity contribution in [2.45, 2.75) is 32.6 Å². The van der Waals surface area contributed by atoms with Crippen LogP contribution in [0.25, 0.3) is 11.3 Å². The van der Waals surface area contributed by atoms with Crippen LogP contribution in [0.5, 0.6) is 0 Å². The lowest BCUT2D eigenvalue weighted by Crippen LogP contribution is -2.30. The maximum absolute atomic E-state index is 12.6. The van der Waals surface area contributed by atoms with Crippen LogP contribution in [0.4, 0.5) is 10.8 Å². The number of hydrazone groups is 1. The van der Waals surface area contributed by atoms with Crippen molar-refractivity contribution in [3.8, 4) is 11.3 Å². The predicted molar refractivity (Wildman–Crippen MR) is 139 cm³/mol. The van der Waals surface area contributed by atoms with Gasteiger partial charge in [-0.05, 0) is 43.7 Å². The highest BCUT2D eigenvalue weighted by atomic mass is 32.2. The summed E-state index contributed by atoms with van der Waals surface area (Å²) in [5, 5.41) is 6.88. The second kappa shape index (κ2) is 11.4. The minimum absolute atomic E-state index is 0.292. The Hall–Kier alpha value is -2.75. The van der Waals surface area contributed by atoms with E-state index in [1.807, 2.05) is 31.4 Å². The van der Waals surface area contributed by atoms with Crippen molar-refractivity contribution in [2.75, 3.05) is 36.5 Å². The van der Waals surface area contributed by atoms with Gasteiger partial charge in [-0.25, -0.2) is 13.4 Å². The molecule has 0 radical (unpaired) electrons. The number of thiazole rings is 1. The average Bonchev–Trinajstić information content (AvgIpc) is 3.30. The molecule has 0 saturated heterocycles. The van der Waals surface area contributed by atoms with Gasteiger partial charge in [0.15, 0.2) is 0 Å². The maximum Gasteiger partial charge on any atom is 0.243 e. The van der Waals surface area contributed by atoms with Crippen molar-refractivity contribution < 1.29 is 8.42 Å². The highest BCUT2D eigenvalue weighted by Gasteiger charge is 2.21. The fraction of sp³-hybridized carbons (Fsp3) is 0.333. The molecule has 0 amide bonds. The molecule has 33 heavy (non-hydrogen) atoms. The van der Waals surface area contributed by atoms with Crippen molar-refractivity contribution in [3.63, 3.8) is 0 Å². The third-order valence-corrected chi connectivity index (χ3v) is 8.20. The topological polar surface area (TPSA) is 77.9 Å². The van der Waals surface area contributed by atoms with E-state index in [2.05, 4.69) is 46.4 Å². The number of aromatic nitrogens is 1. The molecule has 0 atom stereocenters. The second-order valence-corrected chi connectivity index (χ2v) is 10.1. The Kier molecular flexibility index (Phi) is 8.60. The maximum atomic E-state index is 12.6. The smallest absolute Gasteiger partial charge is 0.243 e. The molecule has 0 aliphatic rings. The zero-order valence-electron chi connectivity index (χ0n) is 19.5. The summed E-state index contributed by atoms with van der Waals surface area (Å²) in [4.78, 5) is 7.14. The van der Waals surface area contributed by atoms with Crippen molar-refractivity contribution >= 4 is 38.4 Å². The van der Waals surface area contributed by atoms with Crippen molar-refractivity contribution in [1.82, 2.24) is 9.29 Å². The average molecular weight is 486 g/mol. The first-order valence-electron chi connectivity index (χ1n) is 11.1. The molecule has 3 rings (SSSR count). The fourth-order valence-electron chi connectivity index (χ4n) is 3.49. The van der Waals surface area contributed by atoms with Gasteiger partial charge in [-0.2, -0.15) is 9.41 Å². The van der Waals surface area contributed by atoms with E-state index in [4.69, 9.17) is 0 Å². The van der Waals surface area contributed by atoms with Crippen molar-refractivity contribution in [2.24, 2.45) is 5.10 Å². The van der Waals surface area contributed by atoms with E-state index in [0.717, 1.165) is 29.9 Å². The van der Waals surface area contributed by atoms with Gasteiger partial charge in [0.1, 0.15) is 0 Å². The van der Waals surface area contributed by atoms with Crippen LogP contribution in [0.15, 0.2) is 63.9 Å². The Bertz CT molecular complexity index is 1150. The molecule has 1 N–H and O–H groups in total. The second-order valence-electron chi connectivity index (χ2n) is 7.29. The fourth-order valence-corrected chi connectivity index (χ4v) is 5.62. The van der Waals surface area contributed by atoms with E-state index in [1.165, 1.54) is 21.3 Å². The van der Waals surface area contributed by atoms with Crippen molar-refractivity contribution in [1.29, 1.82) is 0 Å². The Morgan fingerprint density at radius 2 is 1.58 bits per heavy atom. The quantitative estimate of drug-likeness (QED) is 0.301.